The monoisotopic (exact) mass is 473 g/mol. The van der Waals surface area contributed by atoms with Crippen molar-refractivity contribution in [1.29, 1.82) is 0 Å². The maximum atomic E-state index is 13.6. The summed E-state index contributed by atoms with van der Waals surface area (Å²) < 4.78 is 18.6. The first-order valence-corrected chi connectivity index (χ1v) is 12.0. The average molecular weight is 474 g/mol. The van der Waals surface area contributed by atoms with Gasteiger partial charge in [-0.05, 0) is 79.6 Å². The van der Waals surface area contributed by atoms with E-state index in [1.807, 2.05) is 52.9 Å². The van der Waals surface area contributed by atoms with Crippen LogP contribution in [0.3, 0.4) is 0 Å². The molecule has 1 aliphatic heterocycles. The third-order valence-corrected chi connectivity index (χ3v) is 6.98. The van der Waals surface area contributed by atoms with Gasteiger partial charge in [-0.25, -0.2) is 4.98 Å². The fourth-order valence-corrected chi connectivity index (χ4v) is 5.25. The molecule has 1 fully saturated rings. The Labute approximate surface area is 205 Å². The number of likely N-dealkylation sites (tertiary alicyclic amines) is 1. The Morgan fingerprint density at radius 1 is 1.00 bits per heavy atom. The summed E-state index contributed by atoms with van der Waals surface area (Å²) in [5, 5.41) is 0. The average Bonchev–Trinajstić information content (AvgIpc) is 3.50. The number of aryl methyl sites for hydroxylation is 2. The topological polar surface area (TPSA) is 65.8 Å². The molecule has 1 atom stereocenters. The minimum absolute atomic E-state index is 0.0578. The van der Waals surface area contributed by atoms with Gasteiger partial charge in [0.15, 0.2) is 11.5 Å². The molecule has 0 N–H and O–H groups in total. The van der Waals surface area contributed by atoms with E-state index in [9.17, 15) is 4.79 Å². The fraction of sp³-hybridized carbons (Fsp3) is 0.357. The number of benzene rings is 2. The van der Waals surface area contributed by atoms with Gasteiger partial charge in [0.25, 0.3) is 0 Å². The fourth-order valence-electron chi connectivity index (χ4n) is 5.25. The van der Waals surface area contributed by atoms with Crippen molar-refractivity contribution in [2.24, 2.45) is 0 Å². The van der Waals surface area contributed by atoms with Crippen molar-refractivity contribution >= 4 is 12.0 Å². The lowest BCUT2D eigenvalue weighted by Crippen LogP contribution is -2.39. The van der Waals surface area contributed by atoms with E-state index in [2.05, 4.69) is 11.1 Å². The Morgan fingerprint density at radius 3 is 2.49 bits per heavy atom. The zero-order valence-electron chi connectivity index (χ0n) is 20.7. The van der Waals surface area contributed by atoms with Crippen LogP contribution >= 0.6 is 0 Å². The number of carbonyl (C=O) groups is 1. The largest absolute Gasteiger partial charge is 0.495 e. The van der Waals surface area contributed by atoms with Crippen LogP contribution in [0, 0.1) is 6.92 Å². The molecule has 2 heterocycles. The highest BCUT2D eigenvalue weighted by atomic mass is 16.5. The van der Waals surface area contributed by atoms with Crippen LogP contribution in [-0.4, -0.2) is 48.2 Å². The number of ether oxygens (including phenoxy) is 3. The first-order chi connectivity index (χ1) is 17.0. The summed E-state index contributed by atoms with van der Waals surface area (Å²) in [6.45, 7) is 2.72. The van der Waals surface area contributed by atoms with Gasteiger partial charge in [0.2, 0.25) is 5.91 Å². The molecule has 0 unspecified atom stereocenters. The first-order valence-electron chi connectivity index (χ1n) is 12.0. The van der Waals surface area contributed by atoms with Crippen molar-refractivity contribution in [1.82, 2.24) is 14.5 Å². The maximum absolute atomic E-state index is 13.6. The van der Waals surface area contributed by atoms with E-state index in [0.717, 1.165) is 66.2 Å². The molecule has 0 spiro atoms. The number of aromatic nitrogens is 2. The minimum Gasteiger partial charge on any atom is -0.495 e. The molecule has 182 valence electrons. The Kier molecular flexibility index (Phi) is 6.24. The molecule has 3 aromatic rings. The number of amides is 1. The highest BCUT2D eigenvalue weighted by molar-refractivity contribution is 5.99. The summed E-state index contributed by atoms with van der Waals surface area (Å²) in [6.07, 6.45) is 9.30. The summed E-state index contributed by atoms with van der Waals surface area (Å²) in [6, 6.07) is 10.2. The van der Waals surface area contributed by atoms with Crippen molar-refractivity contribution in [3.63, 3.8) is 0 Å². The first kappa shape index (κ1) is 23.0. The van der Waals surface area contributed by atoms with Gasteiger partial charge in [0.1, 0.15) is 5.75 Å². The van der Waals surface area contributed by atoms with E-state index >= 15 is 0 Å². The SMILES string of the molecule is COc1cc2c(cc1OC)[C@@H](N1CCCC(=Cc3ccc(-n4cnc(C)c4)c(OC)c3)C1=O)CC2. The summed E-state index contributed by atoms with van der Waals surface area (Å²) in [7, 11) is 4.96. The van der Waals surface area contributed by atoms with E-state index in [0.29, 0.717) is 5.75 Å². The van der Waals surface area contributed by atoms with Gasteiger partial charge in [-0.15, -0.1) is 0 Å². The van der Waals surface area contributed by atoms with E-state index in [1.165, 1.54) is 11.1 Å². The third-order valence-electron chi connectivity index (χ3n) is 6.98. The Morgan fingerprint density at radius 2 is 1.77 bits per heavy atom. The quantitative estimate of drug-likeness (QED) is 0.477. The van der Waals surface area contributed by atoms with Crippen molar-refractivity contribution in [2.45, 2.75) is 38.6 Å². The Hall–Kier alpha value is -3.74. The van der Waals surface area contributed by atoms with E-state index in [4.69, 9.17) is 14.2 Å². The van der Waals surface area contributed by atoms with Gasteiger partial charge < -0.3 is 23.7 Å². The zero-order valence-corrected chi connectivity index (χ0v) is 20.7. The molecule has 1 saturated heterocycles. The lowest BCUT2D eigenvalue weighted by atomic mass is 9.97. The molecule has 1 aliphatic carbocycles. The number of fused-ring (bicyclic) bond motifs is 1. The molecule has 2 aliphatic rings. The Balaban J connectivity index is 1.42. The van der Waals surface area contributed by atoms with Crippen LogP contribution in [0.2, 0.25) is 0 Å². The second-order valence-electron chi connectivity index (χ2n) is 9.09. The van der Waals surface area contributed by atoms with Crippen molar-refractivity contribution in [3.8, 4) is 22.9 Å². The van der Waals surface area contributed by atoms with Gasteiger partial charge in [0.05, 0.1) is 45.1 Å². The molecule has 1 amide bonds. The molecular weight excluding hydrogens is 442 g/mol. The second-order valence-corrected chi connectivity index (χ2v) is 9.09. The molecule has 35 heavy (non-hydrogen) atoms. The highest BCUT2D eigenvalue weighted by Crippen LogP contribution is 2.43. The standard InChI is InChI=1S/C28H31N3O4/c1-18-16-30(17-29-18)24-9-7-19(13-25(24)33-2)12-21-6-5-11-31(28(21)32)23-10-8-20-14-26(34-3)27(35-4)15-22(20)23/h7,9,12-17,23H,5-6,8,10-11H2,1-4H3/t23-/m0/s1. The number of piperidine rings is 1. The van der Waals surface area contributed by atoms with Gasteiger partial charge in [-0.2, -0.15) is 0 Å². The number of carbonyl (C=O) groups excluding carboxylic acids is 1. The summed E-state index contributed by atoms with van der Waals surface area (Å²) in [5.41, 5.74) is 6.03. The number of nitrogens with zero attached hydrogens (tertiary/aromatic N) is 3. The van der Waals surface area contributed by atoms with Gasteiger partial charge >= 0.3 is 0 Å². The highest BCUT2D eigenvalue weighted by Gasteiger charge is 2.35. The molecule has 5 rings (SSSR count). The lowest BCUT2D eigenvalue weighted by Gasteiger charge is -2.34. The van der Waals surface area contributed by atoms with E-state index in [1.54, 1.807) is 27.7 Å². The molecule has 0 bridgehead atoms. The molecular formula is C28H31N3O4. The van der Waals surface area contributed by atoms with Crippen LogP contribution < -0.4 is 14.2 Å². The van der Waals surface area contributed by atoms with Gasteiger partial charge in [-0.3, -0.25) is 4.79 Å². The molecule has 7 nitrogen and oxygen atoms in total. The molecule has 2 aromatic carbocycles. The van der Waals surface area contributed by atoms with Crippen LogP contribution in [0.5, 0.6) is 17.2 Å². The van der Waals surface area contributed by atoms with Gasteiger partial charge in [-0.1, -0.05) is 6.07 Å². The van der Waals surface area contributed by atoms with Crippen LogP contribution in [0.25, 0.3) is 11.8 Å². The Bertz CT molecular complexity index is 1290. The smallest absolute Gasteiger partial charge is 0.250 e. The van der Waals surface area contributed by atoms with Crippen LogP contribution in [0.15, 0.2) is 48.4 Å². The molecule has 0 saturated carbocycles. The number of hydrogen-bond donors (Lipinski definition) is 0. The maximum Gasteiger partial charge on any atom is 0.250 e. The van der Waals surface area contributed by atoms with Crippen molar-refractivity contribution in [3.05, 3.63) is 70.8 Å². The van der Waals surface area contributed by atoms with Gasteiger partial charge in [0, 0.05) is 18.3 Å². The van der Waals surface area contributed by atoms with Crippen LogP contribution in [-0.2, 0) is 11.2 Å². The van der Waals surface area contributed by atoms with E-state index < -0.39 is 0 Å². The van der Waals surface area contributed by atoms with Crippen LogP contribution in [0.1, 0.15) is 47.7 Å². The number of methoxy groups -OCH3 is 3. The zero-order chi connectivity index (χ0) is 24.5. The van der Waals surface area contributed by atoms with E-state index in [-0.39, 0.29) is 11.9 Å². The molecule has 1 aromatic heterocycles. The molecule has 7 heteroatoms. The predicted octanol–water partition coefficient (Wildman–Crippen LogP) is 4.90. The lowest BCUT2D eigenvalue weighted by molar-refractivity contribution is -0.131. The molecule has 0 radical (unpaired) electrons. The summed E-state index contributed by atoms with van der Waals surface area (Å²) in [5.74, 6) is 2.29. The van der Waals surface area contributed by atoms with Crippen molar-refractivity contribution in [2.75, 3.05) is 27.9 Å². The number of rotatable bonds is 6. The summed E-state index contributed by atoms with van der Waals surface area (Å²) in [4.78, 5) is 20.0. The third kappa shape index (κ3) is 4.27. The minimum atomic E-state index is 0.0578. The normalized spacial score (nSPS) is 18.6. The van der Waals surface area contributed by atoms with Crippen molar-refractivity contribution < 1.29 is 19.0 Å². The summed E-state index contributed by atoms with van der Waals surface area (Å²) >= 11 is 0. The predicted molar refractivity (Wildman–Crippen MR) is 134 cm³/mol. The second kappa shape index (κ2) is 9.49. The number of hydrogen-bond acceptors (Lipinski definition) is 5. The number of imidazole rings is 1. The van der Waals surface area contributed by atoms with Crippen LogP contribution in [0.4, 0.5) is 0 Å².